The third-order valence-corrected chi connectivity index (χ3v) is 4.30. The molecule has 0 aliphatic carbocycles. The van der Waals surface area contributed by atoms with Crippen molar-refractivity contribution < 1.29 is 0 Å². The van der Waals surface area contributed by atoms with Crippen molar-refractivity contribution >= 4 is 18.2 Å². The zero-order valence-corrected chi connectivity index (χ0v) is 13.3. The SMILES string of the molecule is C=Nc1cnc(N2CCN(C)CC2)cc1-c1ccccc1C. The molecule has 0 radical (unpaired) electrons. The van der Waals surface area contributed by atoms with E-state index in [1.165, 1.54) is 11.1 Å². The monoisotopic (exact) mass is 294 g/mol. The van der Waals surface area contributed by atoms with Gasteiger partial charge in [-0.15, -0.1) is 0 Å². The quantitative estimate of drug-likeness (QED) is 0.815. The van der Waals surface area contributed by atoms with Crippen LogP contribution in [0.15, 0.2) is 41.5 Å². The van der Waals surface area contributed by atoms with E-state index in [1.54, 1.807) is 0 Å². The normalized spacial score (nSPS) is 15.8. The van der Waals surface area contributed by atoms with Gasteiger partial charge in [0.15, 0.2) is 0 Å². The van der Waals surface area contributed by atoms with Crippen LogP contribution >= 0.6 is 0 Å². The van der Waals surface area contributed by atoms with Crippen LogP contribution in [0.2, 0.25) is 0 Å². The number of aryl methyl sites for hydroxylation is 1. The van der Waals surface area contributed by atoms with Gasteiger partial charge in [0.1, 0.15) is 5.82 Å². The zero-order valence-electron chi connectivity index (χ0n) is 13.3. The van der Waals surface area contributed by atoms with Crippen molar-refractivity contribution in [3.05, 3.63) is 42.1 Å². The summed E-state index contributed by atoms with van der Waals surface area (Å²) in [6.45, 7) is 9.98. The number of anilines is 1. The van der Waals surface area contributed by atoms with Gasteiger partial charge in [-0.3, -0.25) is 4.99 Å². The molecule has 22 heavy (non-hydrogen) atoms. The van der Waals surface area contributed by atoms with Crippen molar-refractivity contribution in [2.45, 2.75) is 6.92 Å². The maximum Gasteiger partial charge on any atom is 0.129 e. The minimum atomic E-state index is 0.840. The summed E-state index contributed by atoms with van der Waals surface area (Å²) in [5, 5.41) is 0. The average molecular weight is 294 g/mol. The lowest BCUT2D eigenvalue weighted by Gasteiger charge is -2.33. The summed E-state index contributed by atoms with van der Waals surface area (Å²) in [4.78, 5) is 13.4. The van der Waals surface area contributed by atoms with Gasteiger partial charge in [-0.1, -0.05) is 24.3 Å². The molecule has 3 rings (SSSR count). The predicted octanol–water partition coefficient (Wildman–Crippen LogP) is 3.14. The summed E-state index contributed by atoms with van der Waals surface area (Å²) in [7, 11) is 2.16. The van der Waals surface area contributed by atoms with E-state index in [0.717, 1.165) is 43.2 Å². The van der Waals surface area contributed by atoms with E-state index in [-0.39, 0.29) is 0 Å². The van der Waals surface area contributed by atoms with E-state index in [0.29, 0.717) is 0 Å². The average Bonchev–Trinajstić information content (AvgIpc) is 2.55. The highest BCUT2D eigenvalue weighted by Crippen LogP contribution is 2.34. The fourth-order valence-corrected chi connectivity index (χ4v) is 2.86. The van der Waals surface area contributed by atoms with E-state index in [4.69, 9.17) is 0 Å². The van der Waals surface area contributed by atoms with Crippen LogP contribution in [0.3, 0.4) is 0 Å². The fourth-order valence-electron chi connectivity index (χ4n) is 2.86. The highest BCUT2D eigenvalue weighted by molar-refractivity contribution is 5.80. The number of likely N-dealkylation sites (N-methyl/N-ethyl adjacent to an activating group) is 1. The molecular formula is C18H22N4. The lowest BCUT2D eigenvalue weighted by Crippen LogP contribution is -2.44. The molecule has 4 heteroatoms. The number of pyridine rings is 1. The Labute approximate surface area is 132 Å². The minimum absolute atomic E-state index is 0.840. The highest BCUT2D eigenvalue weighted by atomic mass is 15.3. The smallest absolute Gasteiger partial charge is 0.129 e. The molecule has 1 aromatic heterocycles. The Morgan fingerprint density at radius 2 is 1.82 bits per heavy atom. The van der Waals surface area contributed by atoms with Crippen molar-refractivity contribution in [1.29, 1.82) is 0 Å². The van der Waals surface area contributed by atoms with Crippen LogP contribution in [0.25, 0.3) is 11.1 Å². The van der Waals surface area contributed by atoms with Crippen LogP contribution in [0.1, 0.15) is 5.56 Å². The number of hydrogen-bond donors (Lipinski definition) is 0. The van der Waals surface area contributed by atoms with Gasteiger partial charge in [-0.25, -0.2) is 4.98 Å². The van der Waals surface area contributed by atoms with Crippen LogP contribution in [-0.4, -0.2) is 49.8 Å². The second kappa shape index (κ2) is 6.28. The summed E-state index contributed by atoms with van der Waals surface area (Å²) in [5.41, 5.74) is 4.38. The molecule has 114 valence electrons. The first-order chi connectivity index (χ1) is 10.7. The Kier molecular flexibility index (Phi) is 4.20. The van der Waals surface area contributed by atoms with E-state index in [9.17, 15) is 0 Å². The molecule has 0 spiro atoms. The van der Waals surface area contributed by atoms with Crippen molar-refractivity contribution in [2.24, 2.45) is 4.99 Å². The predicted molar refractivity (Wildman–Crippen MR) is 93.3 cm³/mol. The molecule has 0 amide bonds. The molecular weight excluding hydrogens is 272 g/mol. The maximum absolute atomic E-state index is 4.59. The van der Waals surface area contributed by atoms with Gasteiger partial charge in [-0.2, -0.15) is 0 Å². The molecule has 2 heterocycles. The van der Waals surface area contributed by atoms with E-state index < -0.39 is 0 Å². The van der Waals surface area contributed by atoms with Crippen LogP contribution in [-0.2, 0) is 0 Å². The molecule has 1 saturated heterocycles. The van der Waals surface area contributed by atoms with Crippen molar-refractivity contribution in [1.82, 2.24) is 9.88 Å². The zero-order chi connectivity index (χ0) is 15.5. The Balaban J connectivity index is 2.00. The highest BCUT2D eigenvalue weighted by Gasteiger charge is 2.17. The Morgan fingerprint density at radius 1 is 1.09 bits per heavy atom. The molecule has 0 N–H and O–H groups in total. The van der Waals surface area contributed by atoms with E-state index >= 15 is 0 Å². The second-order valence-electron chi connectivity index (χ2n) is 5.82. The van der Waals surface area contributed by atoms with Crippen LogP contribution in [0.4, 0.5) is 11.5 Å². The summed E-state index contributed by atoms with van der Waals surface area (Å²) < 4.78 is 0. The van der Waals surface area contributed by atoms with Crippen molar-refractivity contribution in [2.75, 3.05) is 38.1 Å². The van der Waals surface area contributed by atoms with Gasteiger partial charge in [0.25, 0.3) is 0 Å². The molecule has 0 saturated carbocycles. The first-order valence-corrected chi connectivity index (χ1v) is 7.65. The molecule has 2 aromatic rings. The number of benzene rings is 1. The number of nitrogens with zero attached hydrogens (tertiary/aromatic N) is 4. The lowest BCUT2D eigenvalue weighted by atomic mass is 10.00. The van der Waals surface area contributed by atoms with Crippen LogP contribution < -0.4 is 4.90 Å². The first kappa shape index (κ1) is 14.7. The Bertz CT molecular complexity index is 673. The largest absolute Gasteiger partial charge is 0.354 e. The Morgan fingerprint density at radius 3 is 2.50 bits per heavy atom. The van der Waals surface area contributed by atoms with Gasteiger partial charge in [0, 0.05) is 31.7 Å². The van der Waals surface area contributed by atoms with Gasteiger partial charge in [0.2, 0.25) is 0 Å². The van der Waals surface area contributed by atoms with Crippen molar-refractivity contribution in [3.8, 4) is 11.1 Å². The fraction of sp³-hybridized carbons (Fsp3) is 0.333. The minimum Gasteiger partial charge on any atom is -0.354 e. The molecule has 0 unspecified atom stereocenters. The third-order valence-electron chi connectivity index (χ3n) is 4.30. The van der Waals surface area contributed by atoms with Gasteiger partial charge < -0.3 is 9.80 Å². The lowest BCUT2D eigenvalue weighted by molar-refractivity contribution is 0.312. The molecule has 0 atom stereocenters. The van der Waals surface area contributed by atoms with Gasteiger partial charge in [0.05, 0.1) is 11.9 Å². The van der Waals surface area contributed by atoms with Gasteiger partial charge >= 0.3 is 0 Å². The van der Waals surface area contributed by atoms with E-state index in [2.05, 4.69) is 70.8 Å². The molecule has 1 aromatic carbocycles. The standard InChI is InChI=1S/C18H22N4/c1-14-6-4-5-7-15(14)16-12-18(20-13-17(16)19-2)22-10-8-21(3)9-11-22/h4-7,12-13H,2,8-11H2,1,3H3. The Hall–Kier alpha value is -2.20. The second-order valence-corrected chi connectivity index (χ2v) is 5.82. The van der Waals surface area contributed by atoms with E-state index in [1.807, 2.05) is 6.20 Å². The maximum atomic E-state index is 4.59. The summed E-state index contributed by atoms with van der Waals surface area (Å²) in [5.74, 6) is 1.03. The van der Waals surface area contributed by atoms with Crippen molar-refractivity contribution in [3.63, 3.8) is 0 Å². The summed E-state index contributed by atoms with van der Waals surface area (Å²) >= 11 is 0. The number of rotatable bonds is 3. The number of aromatic nitrogens is 1. The van der Waals surface area contributed by atoms with Crippen LogP contribution in [0.5, 0.6) is 0 Å². The molecule has 0 bridgehead atoms. The topological polar surface area (TPSA) is 31.7 Å². The van der Waals surface area contributed by atoms with Gasteiger partial charge in [-0.05, 0) is 37.9 Å². The first-order valence-electron chi connectivity index (χ1n) is 7.65. The molecule has 1 aliphatic heterocycles. The van der Waals surface area contributed by atoms with Crippen LogP contribution in [0, 0.1) is 6.92 Å². The number of aliphatic imine (C=N–C) groups is 1. The summed E-state index contributed by atoms with van der Waals surface area (Å²) in [6, 6.07) is 10.5. The molecule has 4 nitrogen and oxygen atoms in total. The summed E-state index contributed by atoms with van der Waals surface area (Å²) in [6.07, 6.45) is 1.84. The molecule has 1 fully saturated rings. The third kappa shape index (κ3) is 2.88. The number of hydrogen-bond acceptors (Lipinski definition) is 4. The number of piperazine rings is 1. The molecule has 1 aliphatic rings.